The number of piperidine rings is 1. The lowest BCUT2D eigenvalue weighted by atomic mass is 9.91. The lowest BCUT2D eigenvalue weighted by molar-refractivity contribution is 0.254. The van der Waals surface area contributed by atoms with Crippen LogP contribution in [0.3, 0.4) is 0 Å². The highest BCUT2D eigenvalue weighted by atomic mass is 15.1. The van der Waals surface area contributed by atoms with Crippen LogP contribution in [0.4, 0.5) is 0 Å². The van der Waals surface area contributed by atoms with Crippen molar-refractivity contribution in [1.82, 2.24) is 15.1 Å². The van der Waals surface area contributed by atoms with Gasteiger partial charge in [0.15, 0.2) is 0 Å². The molecule has 1 aliphatic rings. The number of aromatic amines is 1. The van der Waals surface area contributed by atoms with Gasteiger partial charge in [0.1, 0.15) is 0 Å². The molecule has 1 aromatic carbocycles. The molecule has 0 unspecified atom stereocenters. The zero-order chi connectivity index (χ0) is 12.5. The monoisotopic (exact) mass is 243 g/mol. The highest BCUT2D eigenvalue weighted by Crippen LogP contribution is 2.31. The summed E-state index contributed by atoms with van der Waals surface area (Å²) in [5.41, 5.74) is 3.87. The molecule has 0 atom stereocenters. The Bertz CT molecular complexity index is 536. The topological polar surface area (TPSA) is 31.9 Å². The summed E-state index contributed by atoms with van der Waals surface area (Å²) in [6.07, 6.45) is 3.57. The van der Waals surface area contributed by atoms with E-state index in [1.807, 2.05) is 0 Å². The van der Waals surface area contributed by atoms with Crippen LogP contribution < -0.4 is 0 Å². The van der Waals surface area contributed by atoms with Crippen LogP contribution in [-0.4, -0.2) is 35.2 Å². The molecule has 2 aromatic rings. The van der Waals surface area contributed by atoms with Gasteiger partial charge in [-0.05, 0) is 57.1 Å². The maximum absolute atomic E-state index is 4.45. The Labute approximate surface area is 108 Å². The Balaban J connectivity index is 1.96. The minimum atomic E-state index is 0.651. The number of aromatic nitrogens is 2. The van der Waals surface area contributed by atoms with Crippen molar-refractivity contribution >= 4 is 10.9 Å². The number of hydrogen-bond donors (Lipinski definition) is 1. The Morgan fingerprint density at radius 3 is 2.83 bits per heavy atom. The number of aryl methyl sites for hydroxylation is 1. The quantitative estimate of drug-likeness (QED) is 0.879. The predicted molar refractivity (Wildman–Crippen MR) is 74.9 cm³/mol. The first-order valence-corrected chi connectivity index (χ1v) is 6.93. The molecule has 0 aliphatic carbocycles. The molecule has 96 valence electrons. The van der Waals surface area contributed by atoms with Crippen molar-refractivity contribution in [2.75, 3.05) is 20.1 Å². The van der Waals surface area contributed by atoms with E-state index in [0.717, 1.165) is 11.9 Å². The third-order valence-corrected chi connectivity index (χ3v) is 4.18. The van der Waals surface area contributed by atoms with E-state index >= 15 is 0 Å². The minimum absolute atomic E-state index is 0.651. The summed E-state index contributed by atoms with van der Waals surface area (Å²) in [5, 5.41) is 9.07. The minimum Gasteiger partial charge on any atom is -0.306 e. The summed E-state index contributed by atoms with van der Waals surface area (Å²) in [4.78, 5) is 2.41. The number of nitrogens with zero attached hydrogens (tertiary/aromatic N) is 2. The average molecular weight is 243 g/mol. The molecular formula is C15H21N3. The Kier molecular flexibility index (Phi) is 3.08. The molecule has 1 saturated heterocycles. The molecule has 1 N–H and O–H groups in total. The summed E-state index contributed by atoms with van der Waals surface area (Å²) in [6, 6.07) is 6.64. The Hall–Kier alpha value is -1.35. The molecule has 0 saturated carbocycles. The predicted octanol–water partition coefficient (Wildman–Crippen LogP) is 2.93. The van der Waals surface area contributed by atoms with Crippen molar-refractivity contribution in [3.05, 3.63) is 29.5 Å². The Morgan fingerprint density at radius 1 is 1.33 bits per heavy atom. The molecule has 3 rings (SSSR count). The summed E-state index contributed by atoms with van der Waals surface area (Å²) in [5.74, 6) is 0.651. The molecule has 3 nitrogen and oxygen atoms in total. The van der Waals surface area contributed by atoms with Crippen LogP contribution in [0.15, 0.2) is 18.2 Å². The van der Waals surface area contributed by atoms with Crippen molar-refractivity contribution in [2.24, 2.45) is 0 Å². The molecule has 0 bridgehead atoms. The van der Waals surface area contributed by atoms with E-state index in [4.69, 9.17) is 0 Å². The normalized spacial score (nSPS) is 18.6. The van der Waals surface area contributed by atoms with Gasteiger partial charge >= 0.3 is 0 Å². The van der Waals surface area contributed by atoms with Gasteiger partial charge in [-0.2, -0.15) is 5.10 Å². The van der Waals surface area contributed by atoms with Crippen LogP contribution in [0.2, 0.25) is 0 Å². The van der Waals surface area contributed by atoms with E-state index < -0.39 is 0 Å². The highest BCUT2D eigenvalue weighted by molar-refractivity contribution is 5.82. The second-order valence-corrected chi connectivity index (χ2v) is 5.42. The molecule has 3 heteroatoms. The summed E-state index contributed by atoms with van der Waals surface area (Å²) >= 11 is 0. The summed E-state index contributed by atoms with van der Waals surface area (Å²) in [6.45, 7) is 4.59. The van der Waals surface area contributed by atoms with E-state index in [1.165, 1.54) is 42.6 Å². The lowest BCUT2D eigenvalue weighted by Gasteiger charge is -2.28. The zero-order valence-electron chi connectivity index (χ0n) is 11.2. The van der Waals surface area contributed by atoms with Crippen molar-refractivity contribution in [3.8, 4) is 0 Å². The number of likely N-dealkylation sites (tertiary alicyclic amines) is 1. The van der Waals surface area contributed by atoms with Crippen molar-refractivity contribution in [2.45, 2.75) is 32.1 Å². The van der Waals surface area contributed by atoms with E-state index in [-0.39, 0.29) is 0 Å². The van der Waals surface area contributed by atoms with Crippen molar-refractivity contribution in [3.63, 3.8) is 0 Å². The maximum atomic E-state index is 4.45. The van der Waals surface area contributed by atoms with Crippen LogP contribution >= 0.6 is 0 Å². The van der Waals surface area contributed by atoms with Crippen LogP contribution in [-0.2, 0) is 6.42 Å². The molecule has 0 radical (unpaired) electrons. The van der Waals surface area contributed by atoms with Crippen LogP contribution in [0.25, 0.3) is 10.9 Å². The smallest absolute Gasteiger partial charge is 0.0924 e. The fourth-order valence-corrected chi connectivity index (χ4v) is 2.91. The highest BCUT2D eigenvalue weighted by Gasteiger charge is 2.21. The second-order valence-electron chi connectivity index (χ2n) is 5.42. The SMILES string of the molecule is CCc1ccc2n[nH]c(C3CCN(C)CC3)c2c1. The van der Waals surface area contributed by atoms with Gasteiger partial charge < -0.3 is 4.90 Å². The number of H-pyrrole nitrogens is 1. The summed E-state index contributed by atoms with van der Waals surface area (Å²) in [7, 11) is 2.20. The van der Waals surface area contributed by atoms with E-state index in [1.54, 1.807) is 0 Å². The molecule has 0 spiro atoms. The number of hydrogen-bond acceptors (Lipinski definition) is 2. The number of rotatable bonds is 2. The van der Waals surface area contributed by atoms with Crippen LogP contribution in [0, 0.1) is 0 Å². The van der Waals surface area contributed by atoms with Gasteiger partial charge in [-0.25, -0.2) is 0 Å². The second kappa shape index (κ2) is 4.73. The third-order valence-electron chi connectivity index (χ3n) is 4.18. The zero-order valence-corrected chi connectivity index (χ0v) is 11.2. The fraction of sp³-hybridized carbons (Fsp3) is 0.533. The van der Waals surface area contributed by atoms with Gasteiger partial charge in [-0.15, -0.1) is 0 Å². The molecule has 1 aromatic heterocycles. The van der Waals surface area contributed by atoms with Crippen LogP contribution in [0.5, 0.6) is 0 Å². The van der Waals surface area contributed by atoms with E-state index in [9.17, 15) is 0 Å². The number of benzene rings is 1. The van der Waals surface area contributed by atoms with Gasteiger partial charge in [0.05, 0.1) is 5.52 Å². The van der Waals surface area contributed by atoms with Crippen LogP contribution in [0.1, 0.15) is 36.9 Å². The summed E-state index contributed by atoms with van der Waals surface area (Å²) < 4.78 is 0. The van der Waals surface area contributed by atoms with Crippen molar-refractivity contribution in [1.29, 1.82) is 0 Å². The van der Waals surface area contributed by atoms with E-state index in [2.05, 4.69) is 47.3 Å². The molecule has 2 heterocycles. The fourth-order valence-electron chi connectivity index (χ4n) is 2.91. The van der Waals surface area contributed by atoms with Gasteiger partial charge in [-0.3, -0.25) is 5.10 Å². The van der Waals surface area contributed by atoms with Gasteiger partial charge in [0.25, 0.3) is 0 Å². The van der Waals surface area contributed by atoms with Crippen molar-refractivity contribution < 1.29 is 0 Å². The van der Waals surface area contributed by atoms with Gasteiger partial charge in [0, 0.05) is 17.0 Å². The molecule has 0 amide bonds. The lowest BCUT2D eigenvalue weighted by Crippen LogP contribution is -2.29. The largest absolute Gasteiger partial charge is 0.306 e. The van der Waals surface area contributed by atoms with E-state index in [0.29, 0.717) is 5.92 Å². The molecule has 1 fully saturated rings. The first-order valence-electron chi connectivity index (χ1n) is 6.93. The van der Waals surface area contributed by atoms with Gasteiger partial charge in [-0.1, -0.05) is 13.0 Å². The number of nitrogens with one attached hydrogen (secondary N) is 1. The first kappa shape index (κ1) is 11.7. The standard InChI is InChI=1S/C15H21N3/c1-3-11-4-5-14-13(10-11)15(17-16-14)12-6-8-18(2)9-7-12/h4-5,10,12H,3,6-9H2,1-2H3,(H,16,17). The molecule has 18 heavy (non-hydrogen) atoms. The third kappa shape index (κ3) is 2.03. The Morgan fingerprint density at radius 2 is 2.11 bits per heavy atom. The average Bonchev–Trinajstić information content (AvgIpc) is 2.82. The molecule has 1 aliphatic heterocycles. The first-order chi connectivity index (χ1) is 8.78. The molecular weight excluding hydrogens is 222 g/mol. The number of fused-ring (bicyclic) bond motifs is 1. The van der Waals surface area contributed by atoms with Gasteiger partial charge in [0.2, 0.25) is 0 Å². The maximum Gasteiger partial charge on any atom is 0.0924 e.